The standard InChI is InChI=1S/C29H30N6O2/c1-4-24(37)35-19(3)9-8-18(2)26(35)29-33-25(27-28(30)32-15-16-34(27)29)21-12-10-20(11-13-21)23(36)17-22-7-5-6-14-31-22/h4-7,10-16,18-19,26H,1,8-9,17H2,2-3H3,(H2,30,32)/t18-,19?,26?/m1/s1. The van der Waals surface area contributed by atoms with E-state index < -0.39 is 0 Å². The van der Waals surface area contributed by atoms with Crippen molar-refractivity contribution in [2.24, 2.45) is 5.92 Å². The highest BCUT2D eigenvalue weighted by molar-refractivity contribution is 5.98. The molecule has 188 valence electrons. The lowest BCUT2D eigenvalue weighted by Crippen LogP contribution is -2.47. The number of carbonyl (C=O) groups excluding carboxylic acids is 2. The van der Waals surface area contributed by atoms with Crippen molar-refractivity contribution in [3.63, 3.8) is 0 Å². The molecule has 0 radical (unpaired) electrons. The molecule has 0 aliphatic carbocycles. The Morgan fingerprint density at radius 2 is 1.86 bits per heavy atom. The first-order chi connectivity index (χ1) is 17.9. The second kappa shape index (κ2) is 9.97. The second-order valence-corrected chi connectivity index (χ2v) is 9.65. The molecule has 1 aromatic carbocycles. The van der Waals surface area contributed by atoms with Crippen molar-refractivity contribution >= 4 is 23.0 Å². The second-order valence-electron chi connectivity index (χ2n) is 9.65. The maximum Gasteiger partial charge on any atom is 0.246 e. The van der Waals surface area contributed by atoms with Crippen molar-refractivity contribution in [3.8, 4) is 11.3 Å². The third-order valence-corrected chi connectivity index (χ3v) is 7.21. The van der Waals surface area contributed by atoms with E-state index in [1.54, 1.807) is 24.5 Å². The predicted octanol–water partition coefficient (Wildman–Crippen LogP) is 4.67. The summed E-state index contributed by atoms with van der Waals surface area (Å²) in [4.78, 5) is 41.2. The van der Waals surface area contributed by atoms with Gasteiger partial charge >= 0.3 is 0 Å². The molecule has 3 aromatic heterocycles. The maximum atomic E-state index is 12.9. The van der Waals surface area contributed by atoms with E-state index in [-0.39, 0.29) is 36.1 Å². The minimum atomic E-state index is -0.239. The van der Waals surface area contributed by atoms with E-state index in [0.717, 1.165) is 29.9 Å². The number of aromatic nitrogens is 4. The van der Waals surface area contributed by atoms with Crippen LogP contribution in [0.4, 0.5) is 5.82 Å². The van der Waals surface area contributed by atoms with Crippen LogP contribution in [0.15, 0.2) is 73.7 Å². The van der Waals surface area contributed by atoms with Gasteiger partial charge in [0.05, 0.1) is 12.5 Å². The Kier molecular flexibility index (Phi) is 6.56. The number of likely N-dealkylation sites (tertiary alicyclic amines) is 1. The van der Waals surface area contributed by atoms with Crippen LogP contribution < -0.4 is 5.73 Å². The average molecular weight is 495 g/mol. The van der Waals surface area contributed by atoms with E-state index in [4.69, 9.17) is 10.7 Å². The molecule has 5 rings (SSSR count). The van der Waals surface area contributed by atoms with Gasteiger partial charge in [-0.05, 0) is 43.9 Å². The molecular weight excluding hydrogens is 464 g/mol. The molecule has 4 heterocycles. The number of ketones is 1. The zero-order valence-electron chi connectivity index (χ0n) is 21.0. The monoisotopic (exact) mass is 494 g/mol. The quantitative estimate of drug-likeness (QED) is 0.308. The molecule has 0 spiro atoms. The van der Waals surface area contributed by atoms with E-state index >= 15 is 0 Å². The van der Waals surface area contributed by atoms with E-state index in [2.05, 4.69) is 30.4 Å². The number of nitrogens with zero attached hydrogens (tertiary/aromatic N) is 5. The number of hydrogen-bond acceptors (Lipinski definition) is 6. The number of anilines is 1. The summed E-state index contributed by atoms with van der Waals surface area (Å²) < 4.78 is 1.94. The summed E-state index contributed by atoms with van der Waals surface area (Å²) in [6.45, 7) is 7.93. The molecule has 4 aromatic rings. The fraction of sp³-hybridized carbons (Fsp3) is 0.276. The van der Waals surface area contributed by atoms with Crippen LogP contribution in [0.2, 0.25) is 0 Å². The van der Waals surface area contributed by atoms with Crippen LogP contribution in [0.3, 0.4) is 0 Å². The van der Waals surface area contributed by atoms with E-state index in [0.29, 0.717) is 22.6 Å². The van der Waals surface area contributed by atoms with Crippen LogP contribution in [0.1, 0.15) is 54.6 Å². The summed E-state index contributed by atoms with van der Waals surface area (Å²) in [7, 11) is 0. The molecule has 2 unspecified atom stereocenters. The Morgan fingerprint density at radius 3 is 2.57 bits per heavy atom. The fourth-order valence-corrected chi connectivity index (χ4v) is 5.27. The first-order valence-corrected chi connectivity index (χ1v) is 12.5. The highest BCUT2D eigenvalue weighted by atomic mass is 16.2. The molecule has 8 nitrogen and oxygen atoms in total. The number of imidazole rings is 1. The first kappa shape index (κ1) is 24.4. The highest BCUT2D eigenvalue weighted by Gasteiger charge is 2.39. The third kappa shape index (κ3) is 4.50. The van der Waals surface area contributed by atoms with Crippen LogP contribution in [0, 0.1) is 5.92 Å². The van der Waals surface area contributed by atoms with Gasteiger partial charge in [-0.25, -0.2) is 9.97 Å². The normalized spacial score (nSPS) is 19.6. The molecule has 1 amide bonds. The Balaban J connectivity index is 1.56. The number of piperidine rings is 1. The minimum Gasteiger partial charge on any atom is -0.382 e. The third-order valence-electron chi connectivity index (χ3n) is 7.21. The highest BCUT2D eigenvalue weighted by Crippen LogP contribution is 2.41. The molecule has 1 aliphatic rings. The Morgan fingerprint density at radius 1 is 1.08 bits per heavy atom. The van der Waals surface area contributed by atoms with Gasteiger partial charge in [-0.1, -0.05) is 43.8 Å². The fourth-order valence-electron chi connectivity index (χ4n) is 5.27. The summed E-state index contributed by atoms with van der Waals surface area (Å²) >= 11 is 0. The lowest BCUT2D eigenvalue weighted by molar-refractivity contribution is -0.134. The molecule has 1 fully saturated rings. The van der Waals surface area contributed by atoms with Gasteiger partial charge in [-0.15, -0.1) is 0 Å². The molecule has 0 saturated carbocycles. The van der Waals surface area contributed by atoms with Crippen LogP contribution in [-0.4, -0.2) is 42.0 Å². The molecule has 1 saturated heterocycles. The van der Waals surface area contributed by atoms with Crippen LogP contribution in [0.25, 0.3) is 16.8 Å². The lowest BCUT2D eigenvalue weighted by atomic mass is 9.86. The molecule has 37 heavy (non-hydrogen) atoms. The number of hydrogen-bond donors (Lipinski definition) is 1. The van der Waals surface area contributed by atoms with Gasteiger partial charge in [0.2, 0.25) is 5.91 Å². The molecule has 2 N–H and O–H groups in total. The van der Waals surface area contributed by atoms with E-state index in [9.17, 15) is 9.59 Å². The van der Waals surface area contributed by atoms with Crippen molar-refractivity contribution in [3.05, 3.63) is 90.8 Å². The maximum absolute atomic E-state index is 12.9. The van der Waals surface area contributed by atoms with Crippen molar-refractivity contribution in [2.75, 3.05) is 5.73 Å². The van der Waals surface area contributed by atoms with Gasteiger partial charge in [0.1, 0.15) is 22.9 Å². The zero-order chi connectivity index (χ0) is 26.1. The van der Waals surface area contributed by atoms with Gasteiger partial charge in [-0.2, -0.15) is 0 Å². The summed E-state index contributed by atoms with van der Waals surface area (Å²) in [6.07, 6.45) is 8.67. The first-order valence-electron chi connectivity index (χ1n) is 12.5. The largest absolute Gasteiger partial charge is 0.382 e. The van der Waals surface area contributed by atoms with Gasteiger partial charge in [-0.3, -0.25) is 19.0 Å². The van der Waals surface area contributed by atoms with Gasteiger partial charge in [0.25, 0.3) is 0 Å². The number of rotatable bonds is 6. The summed E-state index contributed by atoms with van der Waals surface area (Å²) in [6, 6.07) is 12.7. The van der Waals surface area contributed by atoms with Crippen LogP contribution in [-0.2, 0) is 11.2 Å². The number of benzene rings is 1. The smallest absolute Gasteiger partial charge is 0.246 e. The van der Waals surface area contributed by atoms with Crippen molar-refractivity contribution < 1.29 is 9.59 Å². The number of pyridine rings is 1. The minimum absolute atomic E-state index is 0.00887. The number of nitrogens with two attached hydrogens (primary N) is 1. The van der Waals surface area contributed by atoms with Crippen LogP contribution in [0.5, 0.6) is 0 Å². The molecule has 0 bridgehead atoms. The SMILES string of the molecule is C=CC(=O)N1C(C)CC[C@@H](C)C1c1nc(-c2ccc(C(=O)Cc3ccccn3)cc2)c2c(N)nccn12. The molecular formula is C29H30N6O2. The van der Waals surface area contributed by atoms with E-state index in [1.807, 2.05) is 45.8 Å². The number of amides is 1. The Labute approximate surface area is 215 Å². The Bertz CT molecular complexity index is 1460. The molecule has 3 atom stereocenters. The summed E-state index contributed by atoms with van der Waals surface area (Å²) in [5.74, 6) is 1.17. The summed E-state index contributed by atoms with van der Waals surface area (Å²) in [5, 5.41) is 0. The number of fused-ring (bicyclic) bond motifs is 1. The zero-order valence-corrected chi connectivity index (χ0v) is 21.0. The van der Waals surface area contributed by atoms with Crippen LogP contribution >= 0.6 is 0 Å². The number of carbonyl (C=O) groups is 2. The number of Topliss-reactive ketones (excluding diaryl/α,β-unsaturated/α-hetero) is 1. The van der Waals surface area contributed by atoms with Gasteiger partial charge < -0.3 is 10.6 Å². The lowest BCUT2D eigenvalue weighted by Gasteiger charge is -2.43. The number of nitrogen functional groups attached to an aromatic ring is 1. The molecule has 1 aliphatic heterocycles. The predicted molar refractivity (Wildman–Crippen MR) is 143 cm³/mol. The van der Waals surface area contributed by atoms with Crippen molar-refractivity contribution in [1.29, 1.82) is 0 Å². The van der Waals surface area contributed by atoms with Crippen molar-refractivity contribution in [1.82, 2.24) is 24.3 Å². The van der Waals surface area contributed by atoms with Gasteiger partial charge in [0.15, 0.2) is 5.78 Å². The average Bonchev–Trinajstić information content (AvgIpc) is 3.30. The topological polar surface area (TPSA) is 106 Å². The van der Waals surface area contributed by atoms with Gasteiger partial charge in [0, 0.05) is 41.5 Å². The Hall–Kier alpha value is -4.33. The van der Waals surface area contributed by atoms with E-state index in [1.165, 1.54) is 6.08 Å². The van der Waals surface area contributed by atoms with Crippen molar-refractivity contribution in [2.45, 2.75) is 45.2 Å². The molecule has 8 heteroatoms. The summed E-state index contributed by atoms with van der Waals surface area (Å²) in [5.41, 5.74) is 9.85.